The number of ether oxygens (including phenoxy) is 1. The van der Waals surface area contributed by atoms with Gasteiger partial charge in [0.1, 0.15) is 0 Å². The van der Waals surface area contributed by atoms with Crippen LogP contribution in [-0.2, 0) is 4.74 Å². The van der Waals surface area contributed by atoms with Gasteiger partial charge in [0.15, 0.2) is 0 Å². The molecule has 1 N–H and O–H groups in total. The van der Waals surface area contributed by atoms with E-state index in [9.17, 15) is 0 Å². The zero-order valence-electron chi connectivity index (χ0n) is 8.45. The van der Waals surface area contributed by atoms with Crippen LogP contribution in [0.4, 0.5) is 0 Å². The molecule has 0 aromatic rings. The van der Waals surface area contributed by atoms with Gasteiger partial charge in [0.2, 0.25) is 0 Å². The number of aliphatic hydroxyl groups excluding tert-OH is 1. The van der Waals surface area contributed by atoms with Crippen molar-refractivity contribution < 1.29 is 9.84 Å². The maximum atomic E-state index is 9.06. The second-order valence-corrected chi connectivity index (χ2v) is 4.14. The Hall–Kier alpha value is -0.0800. The molecule has 5 atom stereocenters. The normalized spacial score (nSPS) is 49.2. The predicted octanol–water partition coefficient (Wildman–Crippen LogP) is 1.67. The minimum absolute atomic E-state index is 0.0474. The van der Waals surface area contributed by atoms with Gasteiger partial charge in [-0.05, 0) is 24.7 Å². The second-order valence-electron chi connectivity index (χ2n) is 4.14. The fraction of sp³-hybridized carbons (Fsp3) is 1.00. The van der Waals surface area contributed by atoms with Gasteiger partial charge in [-0.3, -0.25) is 0 Å². The number of aliphatic hydroxyl groups is 1. The molecule has 0 aliphatic carbocycles. The summed E-state index contributed by atoms with van der Waals surface area (Å²) in [6.07, 6.45) is 0.333. The Morgan fingerprint density at radius 2 is 1.58 bits per heavy atom. The van der Waals surface area contributed by atoms with Crippen molar-refractivity contribution in [3.05, 3.63) is 0 Å². The Kier molecular flexibility index (Phi) is 3.13. The molecule has 0 saturated carbocycles. The van der Waals surface area contributed by atoms with Crippen molar-refractivity contribution in [2.24, 2.45) is 17.8 Å². The first-order chi connectivity index (χ1) is 5.57. The van der Waals surface area contributed by atoms with Gasteiger partial charge < -0.3 is 9.84 Å². The smallest absolute Gasteiger partial charge is 0.0837 e. The molecule has 2 unspecified atom stereocenters. The van der Waals surface area contributed by atoms with E-state index in [4.69, 9.17) is 9.84 Å². The molecule has 72 valence electrons. The Labute approximate surface area is 74.9 Å². The van der Waals surface area contributed by atoms with E-state index in [1.165, 1.54) is 0 Å². The van der Waals surface area contributed by atoms with E-state index in [-0.39, 0.29) is 18.8 Å². The Bertz CT molecular complexity index is 142. The van der Waals surface area contributed by atoms with Crippen LogP contribution in [0, 0.1) is 17.8 Å². The van der Waals surface area contributed by atoms with Crippen molar-refractivity contribution in [2.45, 2.75) is 39.9 Å². The van der Waals surface area contributed by atoms with E-state index >= 15 is 0 Å². The van der Waals surface area contributed by atoms with Crippen molar-refractivity contribution in [3.63, 3.8) is 0 Å². The van der Waals surface area contributed by atoms with Gasteiger partial charge in [0, 0.05) is 0 Å². The lowest BCUT2D eigenvalue weighted by molar-refractivity contribution is -0.140. The molecule has 0 amide bonds. The molecular weight excluding hydrogens is 152 g/mol. The summed E-state index contributed by atoms with van der Waals surface area (Å²) in [6, 6.07) is 0. The molecule has 1 heterocycles. The molecule has 0 radical (unpaired) electrons. The lowest BCUT2D eigenvalue weighted by Gasteiger charge is -2.41. The van der Waals surface area contributed by atoms with Crippen LogP contribution in [0.25, 0.3) is 0 Å². The summed E-state index contributed by atoms with van der Waals surface area (Å²) in [5.74, 6) is 1.72. The third kappa shape index (κ3) is 1.64. The maximum Gasteiger partial charge on any atom is 0.0837 e. The molecule has 0 aromatic carbocycles. The molecule has 1 fully saturated rings. The zero-order valence-corrected chi connectivity index (χ0v) is 8.45. The summed E-state index contributed by atoms with van der Waals surface area (Å²) in [5, 5.41) is 9.06. The van der Waals surface area contributed by atoms with Gasteiger partial charge in [0.25, 0.3) is 0 Å². The van der Waals surface area contributed by atoms with Crippen molar-refractivity contribution in [3.8, 4) is 0 Å². The lowest BCUT2D eigenvalue weighted by Crippen LogP contribution is -2.44. The molecule has 2 nitrogen and oxygen atoms in total. The molecule has 1 aliphatic rings. The van der Waals surface area contributed by atoms with Crippen LogP contribution in [0.2, 0.25) is 0 Å². The molecule has 12 heavy (non-hydrogen) atoms. The number of hydrogen-bond acceptors (Lipinski definition) is 2. The highest BCUT2D eigenvalue weighted by Crippen LogP contribution is 2.34. The highest BCUT2D eigenvalue weighted by Gasteiger charge is 2.36. The van der Waals surface area contributed by atoms with Crippen LogP contribution >= 0.6 is 0 Å². The molecule has 0 aromatic heterocycles. The van der Waals surface area contributed by atoms with Crippen molar-refractivity contribution >= 4 is 0 Å². The van der Waals surface area contributed by atoms with E-state index in [1.54, 1.807) is 0 Å². The molecule has 1 saturated heterocycles. The van der Waals surface area contributed by atoms with Crippen molar-refractivity contribution in [1.82, 2.24) is 0 Å². The van der Waals surface area contributed by atoms with Crippen LogP contribution in [0.1, 0.15) is 27.7 Å². The van der Waals surface area contributed by atoms with Crippen LogP contribution in [0.5, 0.6) is 0 Å². The maximum absolute atomic E-state index is 9.06. The molecule has 2 heteroatoms. The molecule has 1 aliphatic heterocycles. The zero-order chi connectivity index (χ0) is 9.30. The van der Waals surface area contributed by atoms with Gasteiger partial charge in [-0.25, -0.2) is 0 Å². The number of hydrogen-bond donors (Lipinski definition) is 1. The van der Waals surface area contributed by atoms with Gasteiger partial charge in [-0.1, -0.05) is 20.8 Å². The molecule has 0 bridgehead atoms. The second kappa shape index (κ2) is 3.75. The SMILES string of the molecule is CC1[C@H](C)OC(CO)[C@H](C)[C@@H]1C. The van der Waals surface area contributed by atoms with Crippen LogP contribution in [0.3, 0.4) is 0 Å². The third-order valence-electron chi connectivity index (χ3n) is 3.55. The predicted molar refractivity (Wildman–Crippen MR) is 48.9 cm³/mol. The average molecular weight is 172 g/mol. The molecular formula is C10H20O2. The van der Waals surface area contributed by atoms with Gasteiger partial charge in [-0.15, -0.1) is 0 Å². The first-order valence-electron chi connectivity index (χ1n) is 4.84. The van der Waals surface area contributed by atoms with Crippen LogP contribution in [0.15, 0.2) is 0 Å². The van der Waals surface area contributed by atoms with E-state index < -0.39 is 0 Å². The molecule has 1 rings (SSSR count). The summed E-state index contributed by atoms with van der Waals surface area (Å²) < 4.78 is 5.68. The van der Waals surface area contributed by atoms with E-state index in [2.05, 4.69) is 27.7 Å². The monoisotopic (exact) mass is 172 g/mol. The number of rotatable bonds is 1. The standard InChI is InChI=1S/C10H20O2/c1-6-7(2)9(4)12-10(5-11)8(6)3/h6-11H,5H2,1-4H3/t6-,7?,8-,9+,10?/m1/s1. The minimum Gasteiger partial charge on any atom is -0.394 e. The Morgan fingerprint density at radius 1 is 1.00 bits per heavy atom. The third-order valence-corrected chi connectivity index (χ3v) is 3.55. The minimum atomic E-state index is 0.0474. The van der Waals surface area contributed by atoms with Crippen LogP contribution in [-0.4, -0.2) is 23.9 Å². The van der Waals surface area contributed by atoms with Crippen LogP contribution < -0.4 is 0 Å². The first kappa shape index (κ1) is 10.0. The van der Waals surface area contributed by atoms with Crippen molar-refractivity contribution in [2.75, 3.05) is 6.61 Å². The largest absolute Gasteiger partial charge is 0.394 e. The molecule has 0 spiro atoms. The summed E-state index contributed by atoms with van der Waals surface area (Å²) in [7, 11) is 0. The average Bonchev–Trinajstić information content (AvgIpc) is 2.08. The quantitative estimate of drug-likeness (QED) is 0.652. The highest BCUT2D eigenvalue weighted by molar-refractivity contribution is 4.83. The van der Waals surface area contributed by atoms with Gasteiger partial charge >= 0.3 is 0 Å². The Morgan fingerprint density at radius 3 is 2.08 bits per heavy atom. The van der Waals surface area contributed by atoms with E-state index in [0.717, 1.165) is 0 Å². The topological polar surface area (TPSA) is 29.5 Å². The summed E-state index contributed by atoms with van der Waals surface area (Å²) in [6.45, 7) is 8.88. The van der Waals surface area contributed by atoms with Crippen molar-refractivity contribution in [1.29, 1.82) is 0 Å². The first-order valence-corrected chi connectivity index (χ1v) is 4.84. The lowest BCUT2D eigenvalue weighted by atomic mass is 9.77. The summed E-state index contributed by atoms with van der Waals surface area (Å²) in [5.41, 5.74) is 0. The van der Waals surface area contributed by atoms with E-state index in [1.807, 2.05) is 0 Å². The summed E-state index contributed by atoms with van der Waals surface area (Å²) >= 11 is 0. The fourth-order valence-corrected chi connectivity index (χ4v) is 1.98. The van der Waals surface area contributed by atoms with Gasteiger partial charge in [0.05, 0.1) is 18.8 Å². The van der Waals surface area contributed by atoms with E-state index in [0.29, 0.717) is 17.8 Å². The summed E-state index contributed by atoms with van der Waals surface area (Å²) in [4.78, 5) is 0. The van der Waals surface area contributed by atoms with Gasteiger partial charge in [-0.2, -0.15) is 0 Å². The fourth-order valence-electron chi connectivity index (χ4n) is 1.98. The Balaban J connectivity index is 2.63. The highest BCUT2D eigenvalue weighted by atomic mass is 16.5.